The highest BCUT2D eigenvalue weighted by Gasteiger charge is 2.51. The van der Waals surface area contributed by atoms with Gasteiger partial charge >= 0.3 is 0 Å². The summed E-state index contributed by atoms with van der Waals surface area (Å²) in [4.78, 5) is 13.2. The zero-order chi connectivity index (χ0) is 55.3. The van der Waals surface area contributed by atoms with Gasteiger partial charge in [0.15, 0.2) is 12.6 Å². The van der Waals surface area contributed by atoms with E-state index in [-0.39, 0.29) is 18.9 Å². The van der Waals surface area contributed by atoms with Crippen molar-refractivity contribution >= 4 is 5.91 Å². The molecule has 12 unspecified atom stereocenters. The predicted octanol–water partition coefficient (Wildman–Crippen LogP) is 9.66. The third kappa shape index (κ3) is 31.9. The van der Waals surface area contributed by atoms with Gasteiger partial charge in [-0.1, -0.05) is 194 Å². The van der Waals surface area contributed by atoms with Crippen molar-refractivity contribution in [3.05, 3.63) is 109 Å². The molecule has 2 heterocycles. The Labute approximate surface area is 457 Å². The Balaban J connectivity index is 1.74. The highest BCUT2D eigenvalue weighted by Crippen LogP contribution is 2.30. The molecule has 2 aliphatic rings. The lowest BCUT2D eigenvalue weighted by Gasteiger charge is -2.46. The van der Waals surface area contributed by atoms with E-state index in [2.05, 4.69) is 116 Å². The van der Waals surface area contributed by atoms with E-state index in [1.807, 2.05) is 6.08 Å². The summed E-state index contributed by atoms with van der Waals surface area (Å²) in [6.07, 6.45) is 48.4. The standard InChI is InChI=1S/C62H103NO13/c1-3-5-7-9-11-13-15-17-18-19-20-21-22-23-24-25-26-27-28-29-30-31-32-34-36-38-40-42-44-46-54(67)63-50(51(66)45-43-41-39-37-35-33-16-14-12-10-8-6-4-2)49-73-61-59(72)57(70)60(53(48-65)75-61)76-62-58(71)56(69)55(68)52(47-64)74-62/h5,7,11,13,17-18,20-21,23-24,26-27,29-30,35,37,43,45,50-53,55-62,64-66,68-72H,3-4,6,8-10,12,14-16,19,22,25,28,31-34,36,38-42,44,46-49H2,1-2H3,(H,63,67)/b7-5-,13-11-,18-17-,21-20-,24-23-,27-26-,30-29-,37-35+,45-43+. The van der Waals surface area contributed by atoms with E-state index >= 15 is 0 Å². The zero-order valence-electron chi connectivity index (χ0n) is 46.4. The fourth-order valence-electron chi connectivity index (χ4n) is 8.76. The molecule has 2 fully saturated rings. The fourth-order valence-corrected chi connectivity index (χ4v) is 8.76. The van der Waals surface area contributed by atoms with E-state index in [0.29, 0.717) is 12.8 Å². The predicted molar refractivity (Wildman–Crippen MR) is 304 cm³/mol. The van der Waals surface area contributed by atoms with Crippen LogP contribution >= 0.6 is 0 Å². The Hall–Kier alpha value is -3.35. The number of carbonyl (C=O) groups excluding carboxylic acids is 1. The molecule has 1 amide bonds. The van der Waals surface area contributed by atoms with Crippen molar-refractivity contribution in [3.63, 3.8) is 0 Å². The van der Waals surface area contributed by atoms with Crippen LogP contribution in [0.5, 0.6) is 0 Å². The van der Waals surface area contributed by atoms with Gasteiger partial charge in [-0.05, 0) is 89.9 Å². The molecule has 0 aromatic carbocycles. The molecule has 0 radical (unpaired) electrons. The third-order valence-corrected chi connectivity index (χ3v) is 13.4. The first kappa shape index (κ1) is 68.8. The van der Waals surface area contributed by atoms with Gasteiger partial charge < -0.3 is 65.1 Å². The molecule has 14 heteroatoms. The van der Waals surface area contributed by atoms with Gasteiger partial charge in [0.25, 0.3) is 0 Å². The molecule has 0 bridgehead atoms. The molecule has 2 rings (SSSR count). The Morgan fingerprint density at radius 2 is 0.921 bits per heavy atom. The second kappa shape index (κ2) is 46.6. The maximum Gasteiger partial charge on any atom is 0.220 e. The molecule has 2 saturated heterocycles. The quantitative estimate of drug-likeness (QED) is 0.0205. The van der Waals surface area contributed by atoms with Crippen LogP contribution in [0.1, 0.15) is 181 Å². The van der Waals surface area contributed by atoms with Crippen LogP contribution in [0.4, 0.5) is 0 Å². The van der Waals surface area contributed by atoms with Crippen molar-refractivity contribution in [2.45, 2.75) is 254 Å². The number of allylic oxidation sites excluding steroid dienone is 17. The van der Waals surface area contributed by atoms with Gasteiger partial charge in [-0.3, -0.25) is 4.79 Å². The van der Waals surface area contributed by atoms with Crippen molar-refractivity contribution in [1.29, 1.82) is 0 Å². The first-order valence-corrected chi connectivity index (χ1v) is 29.1. The number of ether oxygens (including phenoxy) is 4. The minimum atomic E-state index is -1.80. The summed E-state index contributed by atoms with van der Waals surface area (Å²) in [5.74, 6) is -0.267. The number of aliphatic hydroxyl groups is 8. The second-order valence-electron chi connectivity index (χ2n) is 20.0. The minimum Gasteiger partial charge on any atom is -0.394 e. The number of rotatable bonds is 44. The highest BCUT2D eigenvalue weighted by atomic mass is 16.7. The molecule has 434 valence electrons. The maximum absolute atomic E-state index is 13.2. The highest BCUT2D eigenvalue weighted by molar-refractivity contribution is 5.76. The summed E-state index contributed by atoms with van der Waals surface area (Å²) >= 11 is 0. The number of hydrogen-bond acceptors (Lipinski definition) is 13. The number of unbranched alkanes of at least 4 members (excludes halogenated alkanes) is 15. The number of aliphatic hydroxyl groups excluding tert-OH is 8. The average molecular weight is 1070 g/mol. The van der Waals surface area contributed by atoms with Gasteiger partial charge in [0, 0.05) is 6.42 Å². The zero-order valence-corrected chi connectivity index (χ0v) is 46.4. The van der Waals surface area contributed by atoms with Gasteiger partial charge in [0.1, 0.15) is 48.8 Å². The molecule has 0 aliphatic carbocycles. The molecular formula is C62H103NO13. The SMILES string of the molecule is CC/C=C\C/C=C\C/C=C\C/C=C\C/C=C\C/C=C\C/C=C\CCCCCCCCCC(=O)NC(COC1OC(CO)C(OC2OC(CO)C(O)C(O)C2O)C(O)C1O)C(O)/C=C/CC/C=C/CCCCCCCCC. The number of amides is 1. The summed E-state index contributed by atoms with van der Waals surface area (Å²) in [6, 6.07) is -0.945. The summed E-state index contributed by atoms with van der Waals surface area (Å²) in [7, 11) is 0. The van der Waals surface area contributed by atoms with E-state index in [1.165, 1.54) is 44.9 Å². The Kier molecular flexibility index (Phi) is 42.1. The van der Waals surface area contributed by atoms with Gasteiger partial charge in [0.05, 0.1) is 32.0 Å². The summed E-state index contributed by atoms with van der Waals surface area (Å²) < 4.78 is 22.7. The summed E-state index contributed by atoms with van der Waals surface area (Å²) in [5.41, 5.74) is 0. The first-order valence-electron chi connectivity index (χ1n) is 29.1. The number of hydrogen-bond donors (Lipinski definition) is 9. The van der Waals surface area contributed by atoms with E-state index in [4.69, 9.17) is 18.9 Å². The van der Waals surface area contributed by atoms with E-state index in [1.54, 1.807) is 6.08 Å². The Bertz CT molecular complexity index is 1690. The molecule has 12 atom stereocenters. The van der Waals surface area contributed by atoms with Crippen LogP contribution in [-0.4, -0.2) is 140 Å². The van der Waals surface area contributed by atoms with Crippen LogP contribution in [0.3, 0.4) is 0 Å². The molecular weight excluding hydrogens is 967 g/mol. The van der Waals surface area contributed by atoms with Crippen LogP contribution in [-0.2, 0) is 23.7 Å². The molecule has 76 heavy (non-hydrogen) atoms. The first-order chi connectivity index (χ1) is 37.1. The van der Waals surface area contributed by atoms with Gasteiger partial charge in [0.2, 0.25) is 5.91 Å². The molecule has 2 aliphatic heterocycles. The fraction of sp³-hybridized carbons (Fsp3) is 0.694. The van der Waals surface area contributed by atoms with Crippen LogP contribution in [0.25, 0.3) is 0 Å². The third-order valence-electron chi connectivity index (χ3n) is 13.4. The average Bonchev–Trinajstić information content (AvgIpc) is 3.42. The molecule has 9 N–H and O–H groups in total. The molecule has 14 nitrogen and oxygen atoms in total. The van der Waals surface area contributed by atoms with Crippen LogP contribution in [0.2, 0.25) is 0 Å². The lowest BCUT2D eigenvalue weighted by Crippen LogP contribution is -2.65. The largest absolute Gasteiger partial charge is 0.394 e. The minimum absolute atomic E-state index is 0.253. The molecule has 0 spiro atoms. The van der Waals surface area contributed by atoms with E-state index in [9.17, 15) is 45.6 Å². The van der Waals surface area contributed by atoms with Gasteiger partial charge in [-0.25, -0.2) is 0 Å². The number of carbonyl (C=O) groups is 1. The summed E-state index contributed by atoms with van der Waals surface area (Å²) in [5, 5.41) is 86.9. The van der Waals surface area contributed by atoms with Gasteiger partial charge in [-0.2, -0.15) is 0 Å². The van der Waals surface area contributed by atoms with Crippen molar-refractivity contribution in [2.75, 3.05) is 19.8 Å². The van der Waals surface area contributed by atoms with Crippen molar-refractivity contribution in [3.8, 4) is 0 Å². The van der Waals surface area contributed by atoms with Crippen molar-refractivity contribution in [2.24, 2.45) is 0 Å². The Morgan fingerprint density at radius 1 is 0.487 bits per heavy atom. The van der Waals surface area contributed by atoms with Crippen LogP contribution < -0.4 is 5.32 Å². The summed E-state index contributed by atoms with van der Waals surface area (Å²) in [6.45, 7) is 2.62. The lowest BCUT2D eigenvalue weighted by atomic mass is 9.97. The molecule has 0 aromatic rings. The maximum atomic E-state index is 13.2. The van der Waals surface area contributed by atoms with Crippen molar-refractivity contribution < 1.29 is 64.6 Å². The van der Waals surface area contributed by atoms with Crippen LogP contribution in [0.15, 0.2) is 109 Å². The molecule has 0 saturated carbocycles. The number of nitrogens with one attached hydrogen (secondary N) is 1. The molecule has 0 aromatic heterocycles. The lowest BCUT2D eigenvalue weighted by molar-refractivity contribution is -0.359. The Morgan fingerprint density at radius 3 is 1.45 bits per heavy atom. The monoisotopic (exact) mass is 1070 g/mol. The van der Waals surface area contributed by atoms with Gasteiger partial charge in [-0.15, -0.1) is 0 Å². The smallest absolute Gasteiger partial charge is 0.220 e. The van der Waals surface area contributed by atoms with Crippen LogP contribution in [0, 0.1) is 0 Å². The van der Waals surface area contributed by atoms with E-state index < -0.39 is 86.8 Å². The topological polar surface area (TPSA) is 228 Å². The normalized spacial score (nSPS) is 25.7. The second-order valence-corrected chi connectivity index (χ2v) is 20.0. The van der Waals surface area contributed by atoms with E-state index in [0.717, 1.165) is 103 Å². The van der Waals surface area contributed by atoms with Crippen molar-refractivity contribution in [1.82, 2.24) is 5.32 Å².